The Morgan fingerprint density at radius 3 is 2.63 bits per heavy atom. The number of nitrogens with one attached hydrogen (secondary N) is 1. The molecule has 1 heterocycles. The van der Waals surface area contributed by atoms with Gasteiger partial charge < -0.3 is 9.47 Å². The summed E-state index contributed by atoms with van der Waals surface area (Å²) in [5.74, 6) is -0.747. The Kier molecular flexibility index (Phi) is 6.45. The maximum Gasteiger partial charge on any atom is 0.349 e. The molecule has 2 aromatic carbocycles. The molecule has 0 atom stereocenters. The lowest BCUT2D eigenvalue weighted by Crippen LogP contribution is -2.21. The molecule has 0 fully saturated rings. The fraction of sp³-hybridized carbons (Fsp3) is 0.182. The van der Waals surface area contributed by atoms with Crippen molar-refractivity contribution in [3.63, 3.8) is 0 Å². The molecule has 0 saturated heterocycles. The summed E-state index contributed by atoms with van der Waals surface area (Å²) in [6, 6.07) is 12.6. The van der Waals surface area contributed by atoms with Gasteiger partial charge in [0.05, 0.1) is 17.3 Å². The highest BCUT2D eigenvalue weighted by molar-refractivity contribution is 7.22. The van der Waals surface area contributed by atoms with Crippen LogP contribution in [0, 0.1) is 25.2 Å². The van der Waals surface area contributed by atoms with Gasteiger partial charge in [-0.05, 0) is 54.8 Å². The number of aromatic nitrogens is 1. The monoisotopic (exact) mass is 421 g/mol. The molecule has 0 unspecified atom stereocenters. The SMILES string of the molecule is COc1ccc(C=C(C#N)C(=O)OCC(=O)Nc2nc3c(C)cc(C)cc3s2)cc1. The minimum atomic E-state index is -0.876. The van der Waals surface area contributed by atoms with Crippen LogP contribution in [0.4, 0.5) is 5.13 Å². The van der Waals surface area contributed by atoms with Crippen molar-refractivity contribution < 1.29 is 19.1 Å². The molecule has 0 spiro atoms. The number of benzene rings is 2. The van der Waals surface area contributed by atoms with Crippen LogP contribution in [0.2, 0.25) is 0 Å². The Morgan fingerprint density at radius 2 is 1.97 bits per heavy atom. The third kappa shape index (κ3) is 5.01. The van der Waals surface area contributed by atoms with Crippen LogP contribution >= 0.6 is 11.3 Å². The molecule has 1 aromatic heterocycles. The summed E-state index contributed by atoms with van der Waals surface area (Å²) in [7, 11) is 1.55. The number of carbonyl (C=O) groups is 2. The smallest absolute Gasteiger partial charge is 0.349 e. The molecule has 0 aliphatic carbocycles. The number of esters is 1. The van der Waals surface area contributed by atoms with E-state index in [9.17, 15) is 14.9 Å². The number of methoxy groups -OCH3 is 1. The lowest BCUT2D eigenvalue weighted by molar-refractivity contribution is -0.142. The highest BCUT2D eigenvalue weighted by Crippen LogP contribution is 2.29. The van der Waals surface area contributed by atoms with Gasteiger partial charge in [0.1, 0.15) is 17.4 Å². The Morgan fingerprint density at radius 1 is 1.23 bits per heavy atom. The van der Waals surface area contributed by atoms with Gasteiger partial charge in [0.25, 0.3) is 5.91 Å². The minimum absolute atomic E-state index is 0.209. The van der Waals surface area contributed by atoms with Gasteiger partial charge in [-0.25, -0.2) is 9.78 Å². The average molecular weight is 421 g/mol. The number of rotatable bonds is 6. The zero-order valence-corrected chi connectivity index (χ0v) is 17.5. The van der Waals surface area contributed by atoms with E-state index < -0.39 is 18.5 Å². The summed E-state index contributed by atoms with van der Waals surface area (Å²) in [6.45, 7) is 3.44. The molecule has 0 aliphatic heterocycles. The van der Waals surface area contributed by atoms with E-state index in [1.54, 1.807) is 37.4 Å². The molecular weight excluding hydrogens is 402 g/mol. The number of amides is 1. The summed E-state index contributed by atoms with van der Waals surface area (Å²) in [5.41, 5.74) is 3.39. The van der Waals surface area contributed by atoms with E-state index in [1.165, 1.54) is 17.4 Å². The number of nitriles is 1. The molecule has 0 bridgehead atoms. The highest BCUT2D eigenvalue weighted by atomic mass is 32.1. The molecule has 0 radical (unpaired) electrons. The average Bonchev–Trinajstić information content (AvgIpc) is 3.13. The Bertz CT molecular complexity index is 1170. The molecule has 7 nitrogen and oxygen atoms in total. The molecule has 0 aliphatic rings. The van der Waals surface area contributed by atoms with Crippen molar-refractivity contribution in [1.82, 2.24) is 4.98 Å². The first-order valence-electron chi connectivity index (χ1n) is 9.00. The standard InChI is InChI=1S/C22H19N3O4S/c1-13-8-14(2)20-18(9-13)30-22(25-20)24-19(26)12-29-21(27)16(11-23)10-15-4-6-17(28-3)7-5-15/h4-10H,12H2,1-3H3,(H,24,25,26). The quantitative estimate of drug-likeness (QED) is 0.367. The summed E-state index contributed by atoms with van der Waals surface area (Å²) in [4.78, 5) is 28.7. The molecule has 30 heavy (non-hydrogen) atoms. The van der Waals surface area contributed by atoms with E-state index in [0.29, 0.717) is 16.4 Å². The van der Waals surface area contributed by atoms with Crippen molar-refractivity contribution in [2.24, 2.45) is 0 Å². The first-order chi connectivity index (χ1) is 14.4. The van der Waals surface area contributed by atoms with Gasteiger partial charge in [0, 0.05) is 0 Å². The van der Waals surface area contributed by atoms with Crippen LogP contribution in [0.15, 0.2) is 42.0 Å². The van der Waals surface area contributed by atoms with Crippen LogP contribution in [-0.2, 0) is 14.3 Å². The van der Waals surface area contributed by atoms with Crippen LogP contribution in [0.1, 0.15) is 16.7 Å². The van der Waals surface area contributed by atoms with Crippen molar-refractivity contribution in [3.05, 3.63) is 58.7 Å². The number of thiazole rings is 1. The molecule has 8 heteroatoms. The number of hydrogen-bond donors (Lipinski definition) is 1. The summed E-state index contributed by atoms with van der Waals surface area (Å²) >= 11 is 1.35. The molecule has 152 valence electrons. The largest absolute Gasteiger partial charge is 0.497 e. The van der Waals surface area contributed by atoms with Gasteiger partial charge in [0.2, 0.25) is 0 Å². The van der Waals surface area contributed by atoms with Gasteiger partial charge in [-0.1, -0.05) is 29.5 Å². The molecule has 1 amide bonds. The van der Waals surface area contributed by atoms with Crippen molar-refractivity contribution >= 4 is 44.6 Å². The lowest BCUT2D eigenvalue weighted by atomic mass is 10.1. The first kappa shape index (κ1) is 21.0. The number of aryl methyl sites for hydroxylation is 2. The topological polar surface area (TPSA) is 101 Å². The number of fused-ring (bicyclic) bond motifs is 1. The van der Waals surface area contributed by atoms with Crippen molar-refractivity contribution in [3.8, 4) is 11.8 Å². The zero-order valence-electron chi connectivity index (χ0n) is 16.7. The van der Waals surface area contributed by atoms with E-state index in [4.69, 9.17) is 9.47 Å². The van der Waals surface area contributed by atoms with E-state index >= 15 is 0 Å². The van der Waals surface area contributed by atoms with Crippen LogP contribution < -0.4 is 10.1 Å². The number of anilines is 1. The van der Waals surface area contributed by atoms with E-state index in [1.807, 2.05) is 26.0 Å². The molecule has 3 aromatic rings. The minimum Gasteiger partial charge on any atom is -0.497 e. The fourth-order valence-electron chi connectivity index (χ4n) is 2.79. The van der Waals surface area contributed by atoms with Crippen LogP contribution in [0.3, 0.4) is 0 Å². The number of carbonyl (C=O) groups excluding carboxylic acids is 2. The zero-order chi connectivity index (χ0) is 21.7. The second-order valence-electron chi connectivity index (χ2n) is 6.51. The van der Waals surface area contributed by atoms with Crippen molar-refractivity contribution in [2.75, 3.05) is 19.0 Å². The van der Waals surface area contributed by atoms with Crippen molar-refractivity contribution in [2.45, 2.75) is 13.8 Å². The predicted molar refractivity (Wildman–Crippen MR) is 115 cm³/mol. The Labute approximate surface area is 177 Å². The third-order valence-corrected chi connectivity index (χ3v) is 5.10. The van der Waals surface area contributed by atoms with Gasteiger partial charge in [-0.2, -0.15) is 5.26 Å². The van der Waals surface area contributed by atoms with Crippen LogP contribution in [0.25, 0.3) is 16.3 Å². The summed E-state index contributed by atoms with van der Waals surface area (Å²) in [5, 5.41) is 12.3. The molecular formula is C22H19N3O4S. The van der Waals surface area contributed by atoms with E-state index in [0.717, 1.165) is 21.3 Å². The van der Waals surface area contributed by atoms with Gasteiger partial charge in [-0.3, -0.25) is 10.1 Å². The van der Waals surface area contributed by atoms with Gasteiger partial charge in [0.15, 0.2) is 11.7 Å². The van der Waals surface area contributed by atoms with Gasteiger partial charge >= 0.3 is 5.97 Å². The van der Waals surface area contributed by atoms with Crippen molar-refractivity contribution in [1.29, 1.82) is 5.26 Å². The summed E-state index contributed by atoms with van der Waals surface area (Å²) in [6.07, 6.45) is 1.39. The Balaban J connectivity index is 1.61. The van der Waals surface area contributed by atoms with Crippen LogP contribution in [-0.4, -0.2) is 30.6 Å². The normalized spacial score (nSPS) is 11.1. The van der Waals surface area contributed by atoms with E-state index in [-0.39, 0.29) is 5.57 Å². The van der Waals surface area contributed by atoms with Gasteiger partial charge in [-0.15, -0.1) is 0 Å². The Hall–Kier alpha value is -3.70. The second kappa shape index (κ2) is 9.20. The highest BCUT2D eigenvalue weighted by Gasteiger charge is 2.15. The van der Waals surface area contributed by atoms with E-state index in [2.05, 4.69) is 10.3 Å². The van der Waals surface area contributed by atoms with Crippen LogP contribution in [0.5, 0.6) is 5.75 Å². The maximum atomic E-state index is 12.2. The molecule has 1 N–H and O–H groups in total. The number of ether oxygens (including phenoxy) is 2. The first-order valence-corrected chi connectivity index (χ1v) is 9.82. The summed E-state index contributed by atoms with van der Waals surface area (Å²) < 4.78 is 11.0. The molecule has 0 saturated carbocycles. The predicted octanol–water partition coefficient (Wildman–Crippen LogP) is 4.01. The molecule has 3 rings (SSSR count). The second-order valence-corrected chi connectivity index (χ2v) is 7.55. The number of hydrogen-bond acceptors (Lipinski definition) is 7. The number of nitrogens with zero attached hydrogens (tertiary/aromatic N) is 2. The maximum absolute atomic E-state index is 12.2. The fourth-order valence-corrected chi connectivity index (χ4v) is 3.85. The third-order valence-electron chi connectivity index (χ3n) is 4.18. The lowest BCUT2D eigenvalue weighted by Gasteiger charge is -2.04.